The molecule has 4 fully saturated rings. The van der Waals surface area contributed by atoms with Gasteiger partial charge in [-0.3, -0.25) is 4.90 Å². The third-order valence-corrected chi connectivity index (χ3v) is 9.26. The van der Waals surface area contributed by atoms with Gasteiger partial charge >= 0.3 is 0 Å². The largest absolute Gasteiger partial charge is 0.339 e. The lowest BCUT2D eigenvalue weighted by Crippen LogP contribution is -2.47. The molecular weight excluding hydrogens is 393 g/mol. The molecule has 4 atom stereocenters. The van der Waals surface area contributed by atoms with Gasteiger partial charge in [-0.1, -0.05) is 5.16 Å². The fourth-order valence-corrected chi connectivity index (χ4v) is 7.21. The summed E-state index contributed by atoms with van der Waals surface area (Å²) in [6, 6.07) is 1.30. The van der Waals surface area contributed by atoms with Crippen molar-refractivity contribution in [2.24, 2.45) is 11.8 Å². The van der Waals surface area contributed by atoms with Crippen LogP contribution in [0.15, 0.2) is 4.52 Å². The number of hydrogen-bond donors (Lipinski definition) is 0. The minimum Gasteiger partial charge on any atom is -0.339 e. The van der Waals surface area contributed by atoms with E-state index in [0.717, 1.165) is 62.2 Å². The standard InChI is InChI=1S/C22H33Cl2N3O/c1-27-17-10-11-19(27)20(18(12-17)13-2-6-15(23)7-3-13)22-25-21(26-28-22)14-4-8-16(24)9-5-14/h13-20H,2-12H2,1H3/t13?,14?,15?,16?,17-,18-,19?,20?/m1/s1. The van der Waals surface area contributed by atoms with Crippen LogP contribution < -0.4 is 0 Å². The van der Waals surface area contributed by atoms with Crippen LogP contribution in [0.4, 0.5) is 0 Å². The van der Waals surface area contributed by atoms with Crippen LogP contribution in [0.1, 0.15) is 94.2 Å². The predicted molar refractivity (Wildman–Crippen MR) is 112 cm³/mol. The first-order valence-electron chi connectivity index (χ1n) is 11.4. The molecule has 4 aliphatic rings. The monoisotopic (exact) mass is 425 g/mol. The summed E-state index contributed by atoms with van der Waals surface area (Å²) in [6.07, 6.45) is 13.0. The predicted octanol–water partition coefficient (Wildman–Crippen LogP) is 5.70. The van der Waals surface area contributed by atoms with Crippen molar-refractivity contribution in [3.05, 3.63) is 11.7 Å². The second-order valence-electron chi connectivity index (χ2n) is 9.84. The van der Waals surface area contributed by atoms with Gasteiger partial charge in [0.15, 0.2) is 5.82 Å². The van der Waals surface area contributed by atoms with Crippen molar-refractivity contribution < 1.29 is 4.52 Å². The van der Waals surface area contributed by atoms with Gasteiger partial charge in [-0.15, -0.1) is 23.2 Å². The Balaban J connectivity index is 1.39. The molecular formula is C22H33Cl2N3O. The maximum Gasteiger partial charge on any atom is 0.231 e. The molecule has 28 heavy (non-hydrogen) atoms. The molecule has 2 saturated heterocycles. The van der Waals surface area contributed by atoms with Crippen LogP contribution in [0.25, 0.3) is 0 Å². The Bertz CT molecular complexity index is 666. The molecule has 0 spiro atoms. The van der Waals surface area contributed by atoms with Crippen molar-refractivity contribution in [1.29, 1.82) is 0 Å². The molecule has 2 aliphatic heterocycles. The van der Waals surface area contributed by atoms with Crippen molar-refractivity contribution in [2.45, 2.75) is 105 Å². The highest BCUT2D eigenvalue weighted by atomic mass is 35.5. The Morgan fingerprint density at radius 1 is 0.893 bits per heavy atom. The Morgan fingerprint density at radius 3 is 2.29 bits per heavy atom. The number of nitrogens with zero attached hydrogens (tertiary/aromatic N) is 3. The van der Waals surface area contributed by atoms with E-state index in [2.05, 4.69) is 17.1 Å². The first-order chi connectivity index (χ1) is 13.6. The van der Waals surface area contributed by atoms with E-state index in [4.69, 9.17) is 32.7 Å². The van der Waals surface area contributed by atoms with Gasteiger partial charge in [-0.2, -0.15) is 4.98 Å². The maximum atomic E-state index is 6.41. The maximum absolute atomic E-state index is 6.41. The Hall–Kier alpha value is -0.320. The van der Waals surface area contributed by atoms with E-state index < -0.39 is 0 Å². The fraction of sp³-hybridized carbons (Fsp3) is 0.909. The Kier molecular flexibility index (Phi) is 5.66. The van der Waals surface area contributed by atoms with Crippen molar-refractivity contribution in [3.63, 3.8) is 0 Å². The number of halogens is 2. The third kappa shape index (κ3) is 3.63. The number of rotatable bonds is 3. The lowest BCUT2D eigenvalue weighted by atomic mass is 9.68. The molecule has 0 amide bonds. The van der Waals surface area contributed by atoms with Crippen molar-refractivity contribution >= 4 is 23.2 Å². The summed E-state index contributed by atoms with van der Waals surface area (Å²) < 4.78 is 5.98. The van der Waals surface area contributed by atoms with Gasteiger partial charge in [0.2, 0.25) is 5.89 Å². The molecule has 0 N–H and O–H groups in total. The zero-order valence-electron chi connectivity index (χ0n) is 16.9. The van der Waals surface area contributed by atoms with Crippen LogP contribution in [0, 0.1) is 11.8 Å². The first-order valence-corrected chi connectivity index (χ1v) is 12.3. The number of hydrogen-bond acceptors (Lipinski definition) is 4. The van der Waals surface area contributed by atoms with Crippen LogP contribution in [-0.2, 0) is 0 Å². The molecule has 3 heterocycles. The summed E-state index contributed by atoms with van der Waals surface area (Å²) in [5.74, 6) is 4.10. The van der Waals surface area contributed by atoms with Gasteiger partial charge in [0.25, 0.3) is 0 Å². The molecule has 2 bridgehead atoms. The third-order valence-electron chi connectivity index (χ3n) is 8.39. The molecule has 6 heteroatoms. The van der Waals surface area contributed by atoms with Gasteiger partial charge < -0.3 is 4.52 Å². The van der Waals surface area contributed by atoms with Crippen LogP contribution in [0.3, 0.4) is 0 Å². The highest BCUT2D eigenvalue weighted by Gasteiger charge is 2.50. The molecule has 156 valence electrons. The summed E-state index contributed by atoms with van der Waals surface area (Å²) in [6.45, 7) is 0. The molecule has 0 radical (unpaired) electrons. The second-order valence-corrected chi connectivity index (χ2v) is 11.1. The highest BCUT2D eigenvalue weighted by molar-refractivity contribution is 6.20. The van der Waals surface area contributed by atoms with Crippen LogP contribution >= 0.6 is 23.2 Å². The topological polar surface area (TPSA) is 42.2 Å². The SMILES string of the molecule is CN1C2CC[C@@H]1C[C@H](C1CCC(Cl)CC1)C2c1nc(C2CCC(Cl)CC2)no1. The molecule has 0 aromatic carbocycles. The minimum atomic E-state index is 0.325. The van der Waals surface area contributed by atoms with Crippen LogP contribution in [0.5, 0.6) is 0 Å². The van der Waals surface area contributed by atoms with E-state index in [0.29, 0.717) is 34.5 Å². The van der Waals surface area contributed by atoms with Crippen molar-refractivity contribution in [2.75, 3.05) is 7.05 Å². The van der Waals surface area contributed by atoms with E-state index in [1.807, 2.05) is 0 Å². The van der Waals surface area contributed by atoms with E-state index in [1.165, 1.54) is 32.1 Å². The lowest BCUT2D eigenvalue weighted by Gasteiger charge is -2.45. The van der Waals surface area contributed by atoms with Crippen molar-refractivity contribution in [1.82, 2.24) is 15.0 Å². The molecule has 1 aromatic heterocycles. The van der Waals surface area contributed by atoms with E-state index in [1.54, 1.807) is 0 Å². The van der Waals surface area contributed by atoms with Crippen molar-refractivity contribution in [3.8, 4) is 0 Å². The molecule has 5 rings (SSSR count). The summed E-state index contributed by atoms with van der Waals surface area (Å²) in [5.41, 5.74) is 0. The number of aromatic nitrogens is 2. The van der Waals surface area contributed by atoms with E-state index >= 15 is 0 Å². The number of likely N-dealkylation sites (N-methyl/N-ethyl adjacent to an activating group) is 1. The normalized spacial score (nSPS) is 44.7. The number of piperidine rings is 1. The van der Waals surface area contributed by atoms with Crippen LogP contribution in [-0.4, -0.2) is 44.9 Å². The van der Waals surface area contributed by atoms with E-state index in [-0.39, 0.29) is 0 Å². The van der Waals surface area contributed by atoms with Gasteiger partial charge in [0.1, 0.15) is 0 Å². The van der Waals surface area contributed by atoms with Crippen LogP contribution in [0.2, 0.25) is 0 Å². The zero-order chi connectivity index (χ0) is 19.3. The minimum absolute atomic E-state index is 0.325. The van der Waals surface area contributed by atoms with Gasteiger partial charge in [-0.25, -0.2) is 0 Å². The van der Waals surface area contributed by atoms with Gasteiger partial charge in [0, 0.05) is 28.8 Å². The number of alkyl halides is 2. The molecule has 2 saturated carbocycles. The van der Waals surface area contributed by atoms with Gasteiger partial charge in [-0.05, 0) is 89.5 Å². The summed E-state index contributed by atoms with van der Waals surface area (Å²) >= 11 is 12.7. The average Bonchev–Trinajstić information content (AvgIpc) is 3.26. The summed E-state index contributed by atoms with van der Waals surface area (Å²) in [4.78, 5) is 7.63. The Morgan fingerprint density at radius 2 is 1.57 bits per heavy atom. The highest BCUT2D eigenvalue weighted by Crippen LogP contribution is 2.52. The first kappa shape index (κ1) is 19.6. The summed E-state index contributed by atoms with van der Waals surface area (Å²) in [5, 5.41) is 5.18. The molecule has 2 unspecified atom stereocenters. The quantitative estimate of drug-likeness (QED) is 0.582. The summed E-state index contributed by atoms with van der Waals surface area (Å²) in [7, 11) is 2.31. The molecule has 4 nitrogen and oxygen atoms in total. The molecule has 2 aliphatic carbocycles. The number of fused-ring (bicyclic) bond motifs is 2. The Labute approximate surface area is 178 Å². The van der Waals surface area contributed by atoms with Gasteiger partial charge in [0.05, 0.1) is 5.92 Å². The zero-order valence-corrected chi connectivity index (χ0v) is 18.4. The smallest absolute Gasteiger partial charge is 0.231 e. The lowest BCUT2D eigenvalue weighted by molar-refractivity contribution is 0.0497. The average molecular weight is 426 g/mol. The fourth-order valence-electron chi connectivity index (χ4n) is 6.70. The van der Waals surface area contributed by atoms with E-state index in [9.17, 15) is 0 Å². The second kappa shape index (κ2) is 8.07. The molecule has 1 aromatic rings.